The zero-order valence-corrected chi connectivity index (χ0v) is 11.6. The minimum absolute atomic E-state index is 0.0478. The van der Waals surface area contributed by atoms with Crippen molar-refractivity contribution in [3.63, 3.8) is 0 Å². The third-order valence-electron chi connectivity index (χ3n) is 2.70. The SMILES string of the molecule is O=C(Nc1nnc(C(F)(F)F)s1)[C@@H]1COc2ccccc2O1. The van der Waals surface area contributed by atoms with Crippen LogP contribution in [0.4, 0.5) is 18.3 Å². The van der Waals surface area contributed by atoms with Crippen LogP contribution in [0.5, 0.6) is 11.5 Å². The standard InChI is InChI=1S/C12H8F3N3O3S/c13-12(14,15)10-17-18-11(22-10)16-9(19)8-5-20-6-3-1-2-4-7(6)21-8/h1-4,8H,5H2,(H,16,18,19)/t8-/m0/s1. The highest BCUT2D eigenvalue weighted by atomic mass is 32.1. The van der Waals surface area contributed by atoms with Gasteiger partial charge in [0.05, 0.1) is 0 Å². The predicted octanol–water partition coefficient (Wildman–Crippen LogP) is 2.34. The molecule has 0 bridgehead atoms. The van der Waals surface area contributed by atoms with Crippen molar-refractivity contribution in [3.8, 4) is 11.5 Å². The molecule has 1 aromatic carbocycles. The molecule has 2 heterocycles. The van der Waals surface area contributed by atoms with Crippen LogP contribution in [0, 0.1) is 0 Å². The van der Waals surface area contributed by atoms with Crippen LogP contribution < -0.4 is 14.8 Å². The molecule has 6 nitrogen and oxygen atoms in total. The lowest BCUT2D eigenvalue weighted by molar-refractivity contribution is -0.138. The molecule has 10 heteroatoms. The average molecular weight is 331 g/mol. The van der Waals surface area contributed by atoms with Gasteiger partial charge >= 0.3 is 6.18 Å². The monoisotopic (exact) mass is 331 g/mol. The maximum atomic E-state index is 12.4. The Hall–Kier alpha value is -2.36. The predicted molar refractivity (Wildman–Crippen MR) is 69.9 cm³/mol. The van der Waals surface area contributed by atoms with E-state index in [1.54, 1.807) is 24.3 Å². The highest BCUT2D eigenvalue weighted by Gasteiger charge is 2.36. The lowest BCUT2D eigenvalue weighted by atomic mass is 10.2. The van der Waals surface area contributed by atoms with Crippen molar-refractivity contribution in [2.24, 2.45) is 0 Å². The first kappa shape index (κ1) is 14.6. The molecule has 0 aliphatic carbocycles. The summed E-state index contributed by atoms with van der Waals surface area (Å²) in [6, 6.07) is 6.77. The Morgan fingerprint density at radius 3 is 2.68 bits per heavy atom. The maximum absolute atomic E-state index is 12.4. The summed E-state index contributed by atoms with van der Waals surface area (Å²) in [5.41, 5.74) is 0. The molecule has 0 unspecified atom stereocenters. The number of nitrogens with one attached hydrogen (secondary N) is 1. The van der Waals surface area contributed by atoms with Crippen LogP contribution >= 0.6 is 11.3 Å². The number of rotatable bonds is 2. The second kappa shape index (κ2) is 5.44. The second-order valence-electron chi connectivity index (χ2n) is 4.26. The number of alkyl halides is 3. The molecular formula is C12H8F3N3O3S. The van der Waals surface area contributed by atoms with Gasteiger partial charge in [0, 0.05) is 0 Å². The van der Waals surface area contributed by atoms with E-state index >= 15 is 0 Å². The van der Waals surface area contributed by atoms with Crippen molar-refractivity contribution in [2.75, 3.05) is 11.9 Å². The zero-order valence-electron chi connectivity index (χ0n) is 10.8. The van der Waals surface area contributed by atoms with Crippen LogP contribution in [0.2, 0.25) is 0 Å². The molecule has 0 spiro atoms. The molecule has 0 saturated heterocycles. The van der Waals surface area contributed by atoms with Gasteiger partial charge in [-0.3, -0.25) is 10.1 Å². The normalized spacial score (nSPS) is 17.1. The van der Waals surface area contributed by atoms with E-state index in [2.05, 4.69) is 15.5 Å². The number of aromatic nitrogens is 2. The smallest absolute Gasteiger partial charge is 0.445 e. The van der Waals surface area contributed by atoms with E-state index in [9.17, 15) is 18.0 Å². The van der Waals surface area contributed by atoms with Gasteiger partial charge in [-0.25, -0.2) is 0 Å². The lowest BCUT2D eigenvalue weighted by Gasteiger charge is -2.25. The Labute approximate surface area is 125 Å². The largest absolute Gasteiger partial charge is 0.485 e. The van der Waals surface area contributed by atoms with E-state index in [0.29, 0.717) is 11.5 Å². The Bertz CT molecular complexity index is 704. The van der Waals surface area contributed by atoms with Crippen molar-refractivity contribution in [1.82, 2.24) is 10.2 Å². The van der Waals surface area contributed by atoms with Gasteiger partial charge in [0.25, 0.3) is 5.91 Å². The molecule has 0 fully saturated rings. The van der Waals surface area contributed by atoms with Crippen LogP contribution in [-0.4, -0.2) is 28.8 Å². The first-order valence-corrected chi connectivity index (χ1v) is 6.85. The number of carbonyl (C=O) groups excluding carboxylic acids is 1. The van der Waals surface area contributed by atoms with E-state index in [4.69, 9.17) is 9.47 Å². The number of benzene rings is 1. The van der Waals surface area contributed by atoms with E-state index in [0.717, 1.165) is 0 Å². The number of para-hydroxylation sites is 2. The second-order valence-corrected chi connectivity index (χ2v) is 5.24. The van der Waals surface area contributed by atoms with Crippen LogP contribution in [0.25, 0.3) is 0 Å². The first-order valence-electron chi connectivity index (χ1n) is 6.03. The van der Waals surface area contributed by atoms with Gasteiger partial charge in [-0.2, -0.15) is 13.2 Å². The number of fused-ring (bicyclic) bond motifs is 1. The zero-order chi connectivity index (χ0) is 15.7. The Kier molecular flexibility index (Phi) is 3.61. The van der Waals surface area contributed by atoms with Crippen LogP contribution in [0.3, 0.4) is 0 Å². The van der Waals surface area contributed by atoms with Crippen molar-refractivity contribution < 1.29 is 27.4 Å². The summed E-state index contributed by atoms with van der Waals surface area (Å²) in [7, 11) is 0. The number of nitrogens with zero attached hydrogens (tertiary/aromatic N) is 2. The van der Waals surface area contributed by atoms with E-state index in [1.165, 1.54) is 0 Å². The van der Waals surface area contributed by atoms with Gasteiger partial charge in [-0.1, -0.05) is 23.5 Å². The van der Waals surface area contributed by atoms with Gasteiger partial charge in [0.15, 0.2) is 11.5 Å². The summed E-state index contributed by atoms with van der Waals surface area (Å²) in [6.07, 6.45) is -5.57. The Morgan fingerprint density at radius 1 is 1.27 bits per heavy atom. The number of ether oxygens (including phenoxy) is 2. The molecule has 1 amide bonds. The van der Waals surface area contributed by atoms with Gasteiger partial charge < -0.3 is 9.47 Å². The van der Waals surface area contributed by atoms with Gasteiger partial charge in [0.1, 0.15) is 6.61 Å². The fourth-order valence-electron chi connectivity index (χ4n) is 1.72. The van der Waals surface area contributed by atoms with Gasteiger partial charge in [0.2, 0.25) is 16.2 Å². The van der Waals surface area contributed by atoms with Crippen LogP contribution in [-0.2, 0) is 11.0 Å². The van der Waals surface area contributed by atoms with Crippen molar-refractivity contribution in [1.29, 1.82) is 0 Å². The van der Waals surface area contributed by atoms with E-state index in [-0.39, 0.29) is 23.1 Å². The summed E-state index contributed by atoms with van der Waals surface area (Å²) < 4.78 is 48.0. The molecule has 1 aromatic heterocycles. The molecule has 22 heavy (non-hydrogen) atoms. The molecule has 0 saturated carbocycles. The number of anilines is 1. The van der Waals surface area contributed by atoms with E-state index < -0.39 is 23.2 Å². The molecule has 1 N–H and O–H groups in total. The summed E-state index contributed by atoms with van der Waals surface area (Å²) in [4.78, 5) is 12.0. The summed E-state index contributed by atoms with van der Waals surface area (Å²) in [6.45, 7) is -0.0478. The van der Waals surface area contributed by atoms with Crippen molar-refractivity contribution in [3.05, 3.63) is 29.3 Å². The third-order valence-corrected chi connectivity index (χ3v) is 3.58. The summed E-state index contributed by atoms with van der Waals surface area (Å²) >= 11 is 0.242. The van der Waals surface area contributed by atoms with Gasteiger partial charge in [-0.15, -0.1) is 10.2 Å². The van der Waals surface area contributed by atoms with Crippen molar-refractivity contribution in [2.45, 2.75) is 12.3 Å². The third kappa shape index (κ3) is 2.96. The van der Waals surface area contributed by atoms with Crippen LogP contribution in [0.15, 0.2) is 24.3 Å². The quantitative estimate of drug-likeness (QED) is 0.914. The first-order chi connectivity index (χ1) is 10.4. The molecule has 116 valence electrons. The number of hydrogen-bond acceptors (Lipinski definition) is 6. The summed E-state index contributed by atoms with van der Waals surface area (Å²) in [5, 5.41) is 7.12. The molecule has 1 atom stereocenters. The minimum Gasteiger partial charge on any atom is -0.485 e. The topological polar surface area (TPSA) is 73.3 Å². The molecule has 0 radical (unpaired) electrons. The molecule has 1 aliphatic heterocycles. The number of carbonyl (C=O) groups is 1. The van der Waals surface area contributed by atoms with Crippen LogP contribution in [0.1, 0.15) is 5.01 Å². The molecule has 1 aliphatic rings. The Morgan fingerprint density at radius 2 is 2.00 bits per heavy atom. The highest BCUT2D eigenvalue weighted by molar-refractivity contribution is 7.15. The van der Waals surface area contributed by atoms with E-state index in [1.807, 2.05) is 0 Å². The average Bonchev–Trinajstić information content (AvgIpc) is 2.95. The number of hydrogen-bond donors (Lipinski definition) is 1. The number of amides is 1. The Balaban J connectivity index is 1.67. The number of halogens is 3. The molecule has 2 aromatic rings. The maximum Gasteiger partial charge on any atom is 0.445 e. The summed E-state index contributed by atoms with van der Waals surface area (Å²) in [5.74, 6) is 0.239. The molecule has 3 rings (SSSR count). The fourth-order valence-corrected chi connectivity index (χ4v) is 2.34. The fraction of sp³-hybridized carbons (Fsp3) is 0.250. The van der Waals surface area contributed by atoms with Crippen molar-refractivity contribution >= 4 is 22.4 Å². The lowest BCUT2D eigenvalue weighted by Crippen LogP contribution is -2.40. The minimum atomic E-state index is -4.59. The van der Waals surface area contributed by atoms with Gasteiger partial charge in [-0.05, 0) is 12.1 Å². The highest BCUT2D eigenvalue weighted by Crippen LogP contribution is 2.34. The molecular weight excluding hydrogens is 323 g/mol.